The fraction of sp³-hybridized carbons (Fsp3) is 0.429. The molecule has 0 unspecified atom stereocenters. The van der Waals surface area contributed by atoms with E-state index in [1.165, 1.54) is 0 Å². The molecule has 1 N–H and O–H groups in total. The highest BCUT2D eigenvalue weighted by atomic mass is 32.1. The number of nitrogens with one attached hydrogen (secondary N) is 1. The van der Waals surface area contributed by atoms with Gasteiger partial charge in [-0.3, -0.25) is 9.67 Å². The molecule has 2 rings (SSSR count). The Kier molecular flexibility index (Phi) is 3.85. The van der Waals surface area contributed by atoms with Crippen LogP contribution in [-0.4, -0.2) is 29.0 Å². The summed E-state index contributed by atoms with van der Waals surface area (Å²) < 4.78 is 13.4. The zero-order chi connectivity index (χ0) is 14.9. The Balaban J connectivity index is 2.79. The van der Waals surface area contributed by atoms with Gasteiger partial charge in [-0.15, -0.1) is 0 Å². The van der Waals surface area contributed by atoms with E-state index in [9.17, 15) is 0 Å². The lowest BCUT2D eigenvalue weighted by atomic mass is 10.1. The van der Waals surface area contributed by atoms with Crippen molar-refractivity contribution in [2.75, 3.05) is 14.2 Å². The molecule has 6 heteroatoms. The van der Waals surface area contributed by atoms with Crippen LogP contribution in [-0.2, 0) is 5.54 Å². The van der Waals surface area contributed by atoms with Gasteiger partial charge in [-0.2, -0.15) is 5.10 Å². The fourth-order valence-corrected chi connectivity index (χ4v) is 2.56. The fourth-order valence-electron chi connectivity index (χ4n) is 2.16. The van der Waals surface area contributed by atoms with Crippen LogP contribution in [0.5, 0.6) is 11.5 Å². The van der Waals surface area contributed by atoms with Crippen LogP contribution in [0.3, 0.4) is 0 Å². The van der Waals surface area contributed by atoms with E-state index < -0.39 is 0 Å². The first-order valence-corrected chi connectivity index (χ1v) is 6.70. The lowest BCUT2D eigenvalue weighted by Gasteiger charge is -2.23. The van der Waals surface area contributed by atoms with Gasteiger partial charge in [-0.1, -0.05) is 6.07 Å². The average molecular weight is 293 g/mol. The van der Waals surface area contributed by atoms with Gasteiger partial charge >= 0.3 is 0 Å². The van der Waals surface area contributed by atoms with Crippen LogP contribution in [0.1, 0.15) is 20.8 Å². The molecule has 2 aromatic rings. The van der Waals surface area contributed by atoms with E-state index >= 15 is 0 Å². The van der Waals surface area contributed by atoms with Gasteiger partial charge in [0.05, 0.1) is 14.2 Å². The monoisotopic (exact) mass is 293 g/mol. The third kappa shape index (κ3) is 2.43. The van der Waals surface area contributed by atoms with Crippen LogP contribution >= 0.6 is 12.2 Å². The van der Waals surface area contributed by atoms with Crippen molar-refractivity contribution in [3.05, 3.63) is 23.0 Å². The number of nitrogens with zero attached hydrogens (tertiary/aromatic N) is 2. The molecule has 1 heterocycles. The van der Waals surface area contributed by atoms with Crippen molar-refractivity contribution in [3.8, 4) is 22.9 Å². The number of ether oxygens (including phenoxy) is 2. The summed E-state index contributed by atoms with van der Waals surface area (Å²) >= 11 is 5.34. The maximum absolute atomic E-state index is 5.44. The second-order valence-corrected chi connectivity index (χ2v) is 5.78. The Morgan fingerprint density at radius 2 is 1.70 bits per heavy atom. The molecule has 0 saturated heterocycles. The molecule has 0 aliphatic heterocycles. The van der Waals surface area contributed by atoms with Crippen LogP contribution in [0, 0.1) is 4.77 Å². The summed E-state index contributed by atoms with van der Waals surface area (Å²) in [5.74, 6) is 2.10. The third-order valence-electron chi connectivity index (χ3n) is 2.99. The van der Waals surface area contributed by atoms with E-state index in [1.54, 1.807) is 14.2 Å². The number of methoxy groups -OCH3 is 2. The SMILES string of the molecule is COc1cccc(OC)c1-c1n[nH]c(=S)n1C(C)(C)C. The molecule has 0 saturated carbocycles. The number of benzene rings is 1. The average Bonchev–Trinajstić information content (AvgIpc) is 2.79. The van der Waals surface area contributed by atoms with Crippen LogP contribution in [0.4, 0.5) is 0 Å². The highest BCUT2D eigenvalue weighted by Gasteiger charge is 2.24. The Bertz CT molecular complexity index is 646. The molecule has 1 aromatic heterocycles. The Morgan fingerprint density at radius 3 is 2.15 bits per heavy atom. The minimum Gasteiger partial charge on any atom is -0.496 e. The van der Waals surface area contributed by atoms with Crippen molar-refractivity contribution in [1.29, 1.82) is 0 Å². The van der Waals surface area contributed by atoms with Crippen molar-refractivity contribution in [2.24, 2.45) is 0 Å². The van der Waals surface area contributed by atoms with Crippen molar-refractivity contribution < 1.29 is 9.47 Å². The van der Waals surface area contributed by atoms with Crippen LogP contribution < -0.4 is 9.47 Å². The first-order chi connectivity index (χ1) is 9.40. The lowest BCUT2D eigenvalue weighted by molar-refractivity contribution is 0.383. The van der Waals surface area contributed by atoms with Crippen molar-refractivity contribution in [3.63, 3.8) is 0 Å². The first kappa shape index (κ1) is 14.6. The number of hydrogen-bond acceptors (Lipinski definition) is 4. The van der Waals surface area contributed by atoms with Crippen molar-refractivity contribution in [2.45, 2.75) is 26.3 Å². The quantitative estimate of drug-likeness (QED) is 0.881. The largest absolute Gasteiger partial charge is 0.496 e. The van der Waals surface area contributed by atoms with Gasteiger partial charge in [0.1, 0.15) is 17.1 Å². The van der Waals surface area contributed by atoms with E-state index in [1.807, 2.05) is 22.8 Å². The van der Waals surface area contributed by atoms with Crippen LogP contribution in [0.15, 0.2) is 18.2 Å². The molecule has 20 heavy (non-hydrogen) atoms. The summed E-state index contributed by atoms with van der Waals surface area (Å²) in [6.45, 7) is 6.22. The van der Waals surface area contributed by atoms with E-state index in [0.29, 0.717) is 22.1 Å². The van der Waals surface area contributed by atoms with E-state index in [2.05, 4.69) is 31.0 Å². The summed E-state index contributed by atoms with van der Waals surface area (Å²) in [4.78, 5) is 0. The number of hydrogen-bond donors (Lipinski definition) is 1. The van der Waals surface area contributed by atoms with Gasteiger partial charge in [-0.05, 0) is 45.1 Å². The number of aromatic amines is 1. The van der Waals surface area contributed by atoms with Gasteiger partial charge < -0.3 is 9.47 Å². The van der Waals surface area contributed by atoms with Gasteiger partial charge in [-0.25, -0.2) is 0 Å². The number of rotatable bonds is 3. The molecule has 0 fully saturated rings. The summed E-state index contributed by atoms with van der Waals surface area (Å²) in [6, 6.07) is 5.63. The second-order valence-electron chi connectivity index (χ2n) is 5.40. The van der Waals surface area contributed by atoms with Crippen LogP contribution in [0.25, 0.3) is 11.4 Å². The smallest absolute Gasteiger partial charge is 0.195 e. The highest BCUT2D eigenvalue weighted by molar-refractivity contribution is 7.71. The zero-order valence-electron chi connectivity index (χ0n) is 12.4. The molecule has 0 bridgehead atoms. The van der Waals surface area contributed by atoms with Gasteiger partial charge in [0.25, 0.3) is 0 Å². The molecule has 1 aromatic carbocycles. The predicted molar refractivity (Wildman–Crippen MR) is 80.9 cm³/mol. The molecule has 108 valence electrons. The second kappa shape index (κ2) is 5.28. The highest BCUT2D eigenvalue weighted by Crippen LogP contribution is 2.38. The van der Waals surface area contributed by atoms with Gasteiger partial charge in [0.2, 0.25) is 0 Å². The van der Waals surface area contributed by atoms with Crippen molar-refractivity contribution in [1.82, 2.24) is 14.8 Å². The normalized spacial score (nSPS) is 11.4. The molecular weight excluding hydrogens is 274 g/mol. The summed E-state index contributed by atoms with van der Waals surface area (Å²) in [6.07, 6.45) is 0. The molecular formula is C14H19N3O2S. The van der Waals surface area contributed by atoms with Crippen molar-refractivity contribution >= 4 is 12.2 Å². The Labute approximate surface area is 123 Å². The van der Waals surface area contributed by atoms with Gasteiger partial charge in [0.15, 0.2) is 10.6 Å². The maximum Gasteiger partial charge on any atom is 0.195 e. The van der Waals surface area contributed by atoms with E-state index in [0.717, 1.165) is 5.56 Å². The van der Waals surface area contributed by atoms with E-state index in [4.69, 9.17) is 21.7 Å². The van der Waals surface area contributed by atoms with E-state index in [-0.39, 0.29) is 5.54 Å². The molecule has 0 radical (unpaired) electrons. The maximum atomic E-state index is 5.44. The zero-order valence-corrected chi connectivity index (χ0v) is 13.2. The predicted octanol–water partition coefficient (Wildman–Crippen LogP) is 3.38. The molecule has 0 spiro atoms. The Hall–Kier alpha value is -1.82. The third-order valence-corrected chi connectivity index (χ3v) is 3.27. The first-order valence-electron chi connectivity index (χ1n) is 6.29. The molecule has 0 amide bonds. The number of H-pyrrole nitrogens is 1. The van der Waals surface area contributed by atoms with Gasteiger partial charge in [0, 0.05) is 5.54 Å². The molecule has 0 aliphatic carbocycles. The van der Waals surface area contributed by atoms with Crippen LogP contribution in [0.2, 0.25) is 0 Å². The standard InChI is InChI=1S/C14H19N3O2S/c1-14(2,3)17-12(15-16-13(17)20)11-9(18-4)7-6-8-10(11)19-5/h6-8H,1-5H3,(H,16,20). The molecule has 0 atom stereocenters. The summed E-state index contributed by atoms with van der Waals surface area (Å²) in [5.41, 5.74) is 0.588. The minimum atomic E-state index is -0.203. The number of aromatic nitrogens is 3. The summed E-state index contributed by atoms with van der Waals surface area (Å²) in [5, 5.41) is 7.21. The topological polar surface area (TPSA) is 52.1 Å². The molecule has 5 nitrogen and oxygen atoms in total. The minimum absolute atomic E-state index is 0.203. The lowest BCUT2D eigenvalue weighted by Crippen LogP contribution is -2.23. The molecule has 0 aliphatic rings. The Morgan fingerprint density at radius 1 is 1.15 bits per heavy atom. The summed E-state index contributed by atoms with van der Waals surface area (Å²) in [7, 11) is 3.25.